The van der Waals surface area contributed by atoms with Crippen molar-refractivity contribution in [3.63, 3.8) is 0 Å². The van der Waals surface area contributed by atoms with Crippen molar-refractivity contribution in [3.05, 3.63) is 99.6 Å². The van der Waals surface area contributed by atoms with E-state index in [0.29, 0.717) is 28.3 Å². The molecule has 34 heavy (non-hydrogen) atoms. The Morgan fingerprint density at radius 3 is 2.32 bits per heavy atom. The minimum Gasteiger partial charge on any atom is -0.465 e. The molecular formula is C25H25ClN2O5S. The number of benzene rings is 3. The number of hydrogen-bond donors (Lipinski definition) is 2. The Morgan fingerprint density at radius 2 is 1.62 bits per heavy atom. The Bertz CT molecular complexity index is 1290. The second-order valence-electron chi connectivity index (χ2n) is 7.62. The van der Waals surface area contributed by atoms with E-state index in [1.54, 1.807) is 61.5 Å². The van der Waals surface area contributed by atoms with Gasteiger partial charge in [-0.25, -0.2) is 13.2 Å². The summed E-state index contributed by atoms with van der Waals surface area (Å²) in [6.45, 7) is 2.24. The zero-order valence-corrected chi connectivity index (χ0v) is 20.4. The lowest BCUT2D eigenvalue weighted by Gasteiger charge is -2.11. The normalized spacial score (nSPS) is 11.1. The van der Waals surface area contributed by atoms with Gasteiger partial charge >= 0.3 is 5.97 Å². The van der Waals surface area contributed by atoms with Crippen LogP contribution < -0.4 is 10.6 Å². The molecule has 0 aliphatic heterocycles. The Balaban J connectivity index is 1.56. The van der Waals surface area contributed by atoms with Crippen molar-refractivity contribution in [1.82, 2.24) is 10.6 Å². The average molecular weight is 501 g/mol. The van der Waals surface area contributed by atoms with E-state index < -0.39 is 15.8 Å². The number of halogens is 1. The van der Waals surface area contributed by atoms with Crippen molar-refractivity contribution in [2.45, 2.75) is 24.9 Å². The molecule has 0 radical (unpaired) electrons. The molecule has 3 aromatic carbocycles. The first kappa shape index (κ1) is 25.4. The topological polar surface area (TPSA) is 102 Å². The molecule has 3 aromatic rings. The molecule has 0 spiro atoms. The molecule has 0 aliphatic carbocycles. The lowest BCUT2D eigenvalue weighted by atomic mass is 10.1. The van der Waals surface area contributed by atoms with Gasteiger partial charge in [0.1, 0.15) is 5.88 Å². The molecule has 2 N–H and O–H groups in total. The molecule has 0 aliphatic rings. The number of amides is 1. The minimum absolute atomic E-state index is 0.195. The summed E-state index contributed by atoms with van der Waals surface area (Å²) in [5, 5.41) is 6.17. The predicted octanol–water partition coefficient (Wildman–Crippen LogP) is 3.89. The molecule has 0 fully saturated rings. The number of hydrogen-bond acceptors (Lipinski definition) is 6. The van der Waals surface area contributed by atoms with Crippen LogP contribution in [0.4, 0.5) is 0 Å². The maximum absolute atomic E-state index is 12.7. The minimum atomic E-state index is -3.56. The summed E-state index contributed by atoms with van der Waals surface area (Å²) < 4.78 is 30.0. The van der Waals surface area contributed by atoms with Gasteiger partial charge < -0.3 is 10.1 Å². The van der Waals surface area contributed by atoms with Crippen molar-refractivity contribution in [2.24, 2.45) is 0 Å². The van der Waals surface area contributed by atoms with Crippen LogP contribution >= 0.6 is 11.6 Å². The molecule has 178 valence electrons. The van der Waals surface area contributed by atoms with Gasteiger partial charge in [-0.1, -0.05) is 41.9 Å². The second kappa shape index (κ2) is 11.3. The second-order valence-corrected chi connectivity index (χ2v) is 9.99. The van der Waals surface area contributed by atoms with E-state index in [4.69, 9.17) is 11.6 Å². The van der Waals surface area contributed by atoms with Gasteiger partial charge in [-0.3, -0.25) is 10.1 Å². The predicted molar refractivity (Wildman–Crippen MR) is 130 cm³/mol. The number of nitrogens with one attached hydrogen (secondary N) is 2. The quantitative estimate of drug-likeness (QED) is 0.432. The van der Waals surface area contributed by atoms with Crippen molar-refractivity contribution in [2.75, 3.05) is 13.0 Å². The smallest absolute Gasteiger partial charge is 0.337 e. The maximum Gasteiger partial charge on any atom is 0.337 e. The molecule has 0 atom stereocenters. The fourth-order valence-corrected chi connectivity index (χ4v) is 4.93. The highest BCUT2D eigenvalue weighted by Crippen LogP contribution is 2.23. The third kappa shape index (κ3) is 6.44. The highest BCUT2D eigenvalue weighted by Gasteiger charge is 2.18. The number of rotatable bonds is 9. The van der Waals surface area contributed by atoms with Crippen molar-refractivity contribution < 1.29 is 22.7 Å². The van der Waals surface area contributed by atoms with Gasteiger partial charge in [0.25, 0.3) is 5.91 Å². The number of ether oxygens (including phenoxy) is 1. The average Bonchev–Trinajstić information content (AvgIpc) is 2.84. The van der Waals surface area contributed by atoms with Gasteiger partial charge in [-0.15, -0.1) is 0 Å². The molecule has 1 amide bonds. The Labute approximate surface area is 204 Å². The summed E-state index contributed by atoms with van der Waals surface area (Å²) in [7, 11) is -2.24. The summed E-state index contributed by atoms with van der Waals surface area (Å²) in [6.07, 6.45) is 0. The van der Waals surface area contributed by atoms with E-state index in [2.05, 4.69) is 15.4 Å². The Morgan fingerprint density at radius 1 is 0.912 bits per heavy atom. The van der Waals surface area contributed by atoms with E-state index >= 15 is 0 Å². The number of carbonyl (C=O) groups excluding carboxylic acids is 2. The van der Waals surface area contributed by atoms with E-state index in [-0.39, 0.29) is 23.2 Å². The number of esters is 1. The summed E-state index contributed by atoms with van der Waals surface area (Å²) in [4.78, 5) is 24.3. The zero-order valence-electron chi connectivity index (χ0n) is 18.8. The zero-order chi connectivity index (χ0) is 24.7. The fraction of sp³-hybridized carbons (Fsp3) is 0.200. The molecule has 0 aromatic heterocycles. The summed E-state index contributed by atoms with van der Waals surface area (Å²) in [5.41, 5.74) is 3.02. The number of methoxy groups -OCH3 is 1. The van der Waals surface area contributed by atoms with Crippen LogP contribution in [0.3, 0.4) is 0 Å². The molecule has 7 nitrogen and oxygen atoms in total. The van der Waals surface area contributed by atoms with Crippen LogP contribution in [0.5, 0.6) is 0 Å². The van der Waals surface area contributed by atoms with Crippen molar-refractivity contribution >= 4 is 33.3 Å². The number of sulfone groups is 1. The van der Waals surface area contributed by atoms with E-state index in [1.807, 2.05) is 6.07 Å². The van der Waals surface area contributed by atoms with Crippen LogP contribution in [-0.4, -0.2) is 33.3 Å². The monoisotopic (exact) mass is 500 g/mol. The number of carbonyl (C=O) groups is 2. The van der Waals surface area contributed by atoms with Gasteiger partial charge in [0.15, 0.2) is 9.84 Å². The highest BCUT2D eigenvalue weighted by molar-refractivity contribution is 7.91. The van der Waals surface area contributed by atoms with Crippen LogP contribution in [0.2, 0.25) is 5.02 Å². The molecule has 0 bridgehead atoms. The molecule has 3 rings (SSSR count). The van der Waals surface area contributed by atoms with Gasteiger partial charge in [-0.2, -0.15) is 0 Å². The van der Waals surface area contributed by atoms with Crippen LogP contribution in [0.15, 0.2) is 71.6 Å². The highest BCUT2D eigenvalue weighted by atomic mass is 35.5. The van der Waals surface area contributed by atoms with Crippen molar-refractivity contribution in [1.29, 1.82) is 0 Å². The van der Waals surface area contributed by atoms with E-state index in [9.17, 15) is 18.0 Å². The summed E-state index contributed by atoms with van der Waals surface area (Å²) in [6, 6.07) is 18.5. The molecular weight excluding hydrogens is 476 g/mol. The van der Waals surface area contributed by atoms with Gasteiger partial charge in [0, 0.05) is 23.7 Å². The van der Waals surface area contributed by atoms with E-state index in [1.165, 1.54) is 13.2 Å². The van der Waals surface area contributed by atoms with Gasteiger partial charge in [-0.05, 0) is 60.0 Å². The fourth-order valence-electron chi connectivity index (χ4n) is 3.32. The third-order valence-electron chi connectivity index (χ3n) is 5.19. The Kier molecular flexibility index (Phi) is 8.44. The van der Waals surface area contributed by atoms with E-state index in [0.717, 1.165) is 11.1 Å². The lowest BCUT2D eigenvalue weighted by Crippen LogP contribution is -2.25. The van der Waals surface area contributed by atoms with Gasteiger partial charge in [0.05, 0.1) is 17.6 Å². The summed E-state index contributed by atoms with van der Waals surface area (Å²) >= 11 is 6.05. The summed E-state index contributed by atoms with van der Waals surface area (Å²) in [5.74, 6) is -0.941. The molecule has 0 saturated heterocycles. The molecule has 0 unspecified atom stereocenters. The first-order valence-electron chi connectivity index (χ1n) is 10.4. The Hall–Kier alpha value is -3.20. The standard InChI is InChI=1S/C25H25ClN2O5S/c1-17-22(26)7-4-8-23(17)34(31,32)16-27-14-19-5-3-6-21(13-19)24(29)28-15-18-9-11-20(12-10-18)25(30)33-2/h3-13,27H,14-16H2,1-2H3,(H,28,29). The van der Waals surface area contributed by atoms with Crippen LogP contribution in [-0.2, 0) is 27.7 Å². The third-order valence-corrected chi connectivity index (χ3v) is 7.30. The van der Waals surface area contributed by atoms with Crippen molar-refractivity contribution in [3.8, 4) is 0 Å². The largest absolute Gasteiger partial charge is 0.465 e. The maximum atomic E-state index is 12.7. The van der Waals surface area contributed by atoms with Crippen LogP contribution in [0.1, 0.15) is 37.4 Å². The SMILES string of the molecule is COC(=O)c1ccc(CNC(=O)c2cccc(CNCS(=O)(=O)c3cccc(Cl)c3C)c2)cc1. The molecule has 9 heteroatoms. The molecule has 0 heterocycles. The first-order chi connectivity index (χ1) is 16.2. The van der Waals surface area contributed by atoms with Crippen LogP contribution in [0, 0.1) is 6.92 Å². The first-order valence-corrected chi connectivity index (χ1v) is 12.5. The van der Waals surface area contributed by atoms with Crippen LogP contribution in [0.25, 0.3) is 0 Å². The van der Waals surface area contributed by atoms with Gasteiger partial charge in [0.2, 0.25) is 0 Å². The lowest BCUT2D eigenvalue weighted by molar-refractivity contribution is 0.0600. The molecule has 0 saturated carbocycles.